The van der Waals surface area contributed by atoms with Crippen molar-refractivity contribution in [3.63, 3.8) is 0 Å². The number of primary amides is 1. The van der Waals surface area contributed by atoms with Gasteiger partial charge in [-0.15, -0.1) is 0 Å². The average Bonchev–Trinajstić information content (AvgIpc) is 3.82. The van der Waals surface area contributed by atoms with Gasteiger partial charge in [0, 0.05) is 100 Å². The molecule has 1 radical (unpaired) electrons. The second kappa shape index (κ2) is 39.3. The fraction of sp³-hybridized carbons (Fsp3) is 0.434. The van der Waals surface area contributed by atoms with Crippen LogP contribution in [0.2, 0.25) is 0 Å². The second-order valence-corrected chi connectivity index (χ2v) is 18.9. The summed E-state index contributed by atoms with van der Waals surface area (Å²) in [5.41, 5.74) is 8.27. The van der Waals surface area contributed by atoms with Crippen molar-refractivity contribution in [3.8, 4) is 5.75 Å². The number of hydrogen-bond acceptors (Lipinski definition) is 13. The van der Waals surface area contributed by atoms with Crippen molar-refractivity contribution in [1.29, 1.82) is 0 Å². The van der Waals surface area contributed by atoms with Crippen LogP contribution in [0.25, 0.3) is 10.9 Å². The van der Waals surface area contributed by atoms with Crippen molar-refractivity contribution in [2.75, 3.05) is 36.0 Å². The van der Waals surface area contributed by atoms with Crippen LogP contribution in [0.1, 0.15) is 95.1 Å². The van der Waals surface area contributed by atoms with Crippen LogP contribution in [-0.2, 0) is 81.9 Å². The molecule has 4 aromatic rings. The standard InChI is InChI=1S/C53H71N11O11S2.Na.O.Re/c1-2-3-18-38(50(73)64-42(29-48(70)71)52(75)63-40(49(54)72)26-33-15-7-4-8-16-33)62-51(74)41(27-34-30-57-37-19-12-11-17-36(34)37)61-45(67)21-10-6-13-24-55-44(66)20-9-5-14-25-56-53(77)59-35-22-23-43(65)39(28-35)60-46(68)31-58-47(69)32-76;;;/h4,7-8,11-12,15-17,19,22-23,28,30,38,40-42,57,65,76H,2-3,5-6,9-10,13-14,18,20-21,24-27,29,31-32H2,1H3,(H2,54,72)(H,55,66)(H,58,69)(H,60,68)(H,61,67)(H,62,74)(H,63,75)(H,64,73)(H,70,71)(H2,56,59,77);;;/q;+1;-2;/p-2/t38-,40-,41-,42-;;;/m0.../s1. The summed E-state index contributed by atoms with van der Waals surface area (Å²) in [6.07, 6.45) is 6.21. The van der Waals surface area contributed by atoms with Gasteiger partial charge in [0.15, 0.2) is 5.11 Å². The van der Waals surface area contributed by atoms with E-state index in [-0.39, 0.29) is 105 Å². The molecule has 4 rings (SSSR count). The summed E-state index contributed by atoms with van der Waals surface area (Å²) in [4.78, 5) is 118. The van der Waals surface area contributed by atoms with Crippen LogP contribution in [0.3, 0.4) is 0 Å². The number of nitrogens with one attached hydrogen (secondary N) is 10. The van der Waals surface area contributed by atoms with Crippen LogP contribution >= 0.6 is 24.8 Å². The zero-order chi connectivity index (χ0) is 56.1. The molecule has 0 aliphatic heterocycles. The maximum Gasteiger partial charge on any atom is 1.00 e. The minimum Gasteiger partial charge on any atom is -2.00 e. The molecule has 80 heavy (non-hydrogen) atoms. The number of anilines is 2. The summed E-state index contributed by atoms with van der Waals surface area (Å²) in [5, 5.41) is 49.3. The normalized spacial score (nSPS) is 11.9. The van der Waals surface area contributed by atoms with Gasteiger partial charge in [0.25, 0.3) is 0 Å². The molecular formula is C53H69N11NaO12ReS2-3. The van der Waals surface area contributed by atoms with Gasteiger partial charge in [-0.1, -0.05) is 93.0 Å². The number of H-pyrrole nitrogens is 1. The van der Waals surface area contributed by atoms with E-state index < -0.39 is 83.7 Å². The van der Waals surface area contributed by atoms with E-state index in [1.807, 2.05) is 31.2 Å². The number of carboxylic acids is 1. The van der Waals surface area contributed by atoms with Gasteiger partial charge in [0.1, 0.15) is 24.2 Å². The van der Waals surface area contributed by atoms with Crippen molar-refractivity contribution in [3.05, 3.63) is 90.1 Å². The Morgan fingerprint density at radius 1 is 0.662 bits per heavy atom. The molecule has 1 aromatic heterocycles. The van der Waals surface area contributed by atoms with Crippen LogP contribution < -0.4 is 93.4 Å². The minimum atomic E-state index is -1.69. The van der Waals surface area contributed by atoms with Gasteiger partial charge in [-0.3, -0.25) is 38.4 Å². The van der Waals surface area contributed by atoms with Gasteiger partial charge in [-0.05, 0) is 73.6 Å². The molecular weight excluding hydrogens is 1260 g/mol. The topological polar surface area (TPSA) is 378 Å². The molecule has 0 aliphatic carbocycles. The third kappa shape index (κ3) is 26.9. The first-order chi connectivity index (χ1) is 37.0. The van der Waals surface area contributed by atoms with E-state index in [0.717, 1.165) is 29.3 Å². The number of nitrogens with two attached hydrogens (primary N) is 1. The van der Waals surface area contributed by atoms with Gasteiger partial charge in [0.05, 0.1) is 12.3 Å². The number of amides is 8. The molecule has 431 valence electrons. The third-order valence-electron chi connectivity index (χ3n) is 12.0. The number of fused-ring (bicyclic) bond motifs is 1. The predicted octanol–water partition coefficient (Wildman–Crippen LogP) is -2.13. The summed E-state index contributed by atoms with van der Waals surface area (Å²) in [7, 11) is 0. The van der Waals surface area contributed by atoms with E-state index in [1.165, 1.54) is 18.2 Å². The Morgan fingerprint density at radius 3 is 1.94 bits per heavy atom. The maximum atomic E-state index is 14.2. The van der Waals surface area contributed by atoms with Crippen LogP contribution in [-0.4, -0.2) is 113 Å². The molecule has 3 aromatic carbocycles. The molecule has 12 N–H and O–H groups in total. The summed E-state index contributed by atoms with van der Waals surface area (Å²) in [6.45, 7) is 2.49. The average molecular weight is 1330 g/mol. The number of para-hydroxylation sites is 1. The summed E-state index contributed by atoms with van der Waals surface area (Å²) in [6, 6.07) is 15.0. The predicted molar refractivity (Wildman–Crippen MR) is 294 cm³/mol. The van der Waals surface area contributed by atoms with E-state index in [1.54, 1.807) is 36.5 Å². The number of aliphatic carboxylic acids is 1. The monoisotopic (exact) mass is 1330 g/mol. The molecule has 1 heterocycles. The second-order valence-electron chi connectivity index (χ2n) is 18.2. The van der Waals surface area contributed by atoms with Crippen LogP contribution in [0.15, 0.2) is 79.0 Å². The van der Waals surface area contributed by atoms with Gasteiger partial charge in [0.2, 0.25) is 47.3 Å². The van der Waals surface area contributed by atoms with Crippen molar-refractivity contribution >= 4 is 105 Å². The van der Waals surface area contributed by atoms with Crippen LogP contribution in [0.5, 0.6) is 5.75 Å². The Kier molecular flexibility index (Phi) is 35.3. The zero-order valence-corrected chi connectivity index (χ0v) is 51.2. The molecule has 0 fully saturated rings. The van der Waals surface area contributed by atoms with Gasteiger partial charge in [-0.25, -0.2) is 0 Å². The molecule has 8 amide bonds. The molecule has 0 saturated heterocycles. The molecule has 0 spiro atoms. The molecule has 0 unspecified atom stereocenters. The number of carbonyl (C=O) groups excluding carboxylic acids is 9. The summed E-state index contributed by atoms with van der Waals surface area (Å²) < 4.78 is 0. The van der Waals surface area contributed by atoms with Crippen LogP contribution in [0.4, 0.5) is 11.4 Å². The van der Waals surface area contributed by atoms with E-state index in [0.29, 0.717) is 74.4 Å². The van der Waals surface area contributed by atoms with E-state index >= 15 is 0 Å². The number of thiol groups is 1. The van der Waals surface area contributed by atoms with E-state index in [2.05, 4.69) is 65.5 Å². The number of carboxylic acid groups (broad SMARTS) is 1. The Hall–Kier alpha value is -6.11. The van der Waals surface area contributed by atoms with Crippen molar-refractivity contribution in [2.24, 2.45) is 5.73 Å². The number of rotatable bonds is 34. The van der Waals surface area contributed by atoms with E-state index in [4.69, 9.17) is 18.0 Å². The SMILES string of the molecule is CCCC[C@H](NC(=O)[C@H](Cc1c[nH]c2ccccc12)NC(=O)CCCCCNC(=O)CCCCCNC(=S)Nc1ccc([O-])c(NC(=O)CNC(=O)CS)c1)C(=O)N[C@@H](CC(=O)[O-])C(=O)N[C@@H](Cc1ccccc1)C(N)=O.[Na+].[O-2].[Re]. The first-order valence-corrected chi connectivity index (χ1v) is 26.6. The Balaban J connectivity index is 0.0000107. The first kappa shape index (κ1) is 71.9. The number of hydrogen-bond donors (Lipinski definition) is 12. The number of thiocarbonyl (C=S) groups is 1. The zero-order valence-electron chi connectivity index (χ0n) is 44.8. The molecule has 0 saturated carbocycles. The van der Waals surface area contributed by atoms with Crippen molar-refractivity contribution < 1.29 is 109 Å². The van der Waals surface area contributed by atoms with Gasteiger partial charge < -0.3 is 79.1 Å². The molecule has 23 nitrogen and oxygen atoms in total. The Bertz CT molecular complexity index is 2670. The van der Waals surface area contributed by atoms with Crippen molar-refractivity contribution in [2.45, 2.75) is 121 Å². The number of benzene rings is 3. The quantitative estimate of drug-likeness (QED) is 0.0103. The van der Waals surface area contributed by atoms with Crippen molar-refractivity contribution in [1.82, 2.24) is 42.2 Å². The molecule has 4 atom stereocenters. The smallest absolute Gasteiger partial charge is 1.00 e. The third-order valence-corrected chi connectivity index (χ3v) is 12.6. The number of aromatic nitrogens is 1. The first-order valence-electron chi connectivity index (χ1n) is 25.5. The fourth-order valence-corrected chi connectivity index (χ4v) is 8.27. The molecule has 0 bridgehead atoms. The number of unbranched alkanes of at least 4 members (excludes halogenated alkanes) is 5. The maximum absolute atomic E-state index is 14.2. The van der Waals surface area contributed by atoms with Gasteiger partial charge in [-0.2, -0.15) is 12.6 Å². The Labute approximate surface area is 511 Å². The molecule has 27 heteroatoms. The summed E-state index contributed by atoms with van der Waals surface area (Å²) >= 11 is 9.18. The minimum absolute atomic E-state index is 0. The van der Waals surface area contributed by atoms with Gasteiger partial charge >= 0.3 is 29.6 Å². The largest absolute Gasteiger partial charge is 2.00 e. The summed E-state index contributed by atoms with van der Waals surface area (Å²) in [5.74, 6) is -7.08. The fourth-order valence-electron chi connectivity index (χ4n) is 7.94. The number of carbonyl (C=O) groups is 9. The Morgan fingerprint density at radius 2 is 1.27 bits per heavy atom. The van der Waals surface area contributed by atoms with E-state index in [9.17, 15) is 53.4 Å². The number of aromatic amines is 1. The molecule has 0 aliphatic rings. The van der Waals surface area contributed by atoms with Crippen LogP contribution in [0, 0.1) is 0 Å².